The van der Waals surface area contributed by atoms with Crippen molar-refractivity contribution in [3.63, 3.8) is 0 Å². The zero-order chi connectivity index (χ0) is 10.9. The lowest BCUT2D eigenvalue weighted by atomic mass is 10.1. The van der Waals surface area contributed by atoms with Crippen LogP contribution in [0.4, 0.5) is 0 Å². The molecule has 1 fully saturated rings. The van der Waals surface area contributed by atoms with Crippen molar-refractivity contribution in [3.05, 3.63) is 12.7 Å². The van der Waals surface area contributed by atoms with Gasteiger partial charge in [-0.05, 0) is 38.4 Å². The van der Waals surface area contributed by atoms with Crippen molar-refractivity contribution >= 4 is 5.91 Å². The molecule has 2 N–H and O–H groups in total. The number of hydrogen-bond acceptors (Lipinski definition) is 3. The molecular formula is C11H20N2O2. The first-order valence-electron chi connectivity index (χ1n) is 5.55. The number of hydrogen-bond donors (Lipinski definition) is 2. The van der Waals surface area contributed by atoms with Gasteiger partial charge in [-0.3, -0.25) is 4.79 Å². The van der Waals surface area contributed by atoms with Gasteiger partial charge in [-0.25, -0.2) is 0 Å². The molecule has 0 bridgehead atoms. The summed E-state index contributed by atoms with van der Waals surface area (Å²) in [5.74, 6) is -0.114. The van der Waals surface area contributed by atoms with Crippen LogP contribution < -0.4 is 10.6 Å². The van der Waals surface area contributed by atoms with Crippen molar-refractivity contribution in [2.24, 2.45) is 0 Å². The summed E-state index contributed by atoms with van der Waals surface area (Å²) in [5.41, 5.74) is 0. The predicted octanol–water partition coefficient (Wildman–Crippen LogP) is 0.447. The third-order valence-electron chi connectivity index (χ3n) is 2.45. The molecule has 1 amide bonds. The molecule has 0 radical (unpaired) electrons. The lowest BCUT2D eigenvalue weighted by Gasteiger charge is -2.22. The smallest absolute Gasteiger partial charge is 0.243 e. The summed E-state index contributed by atoms with van der Waals surface area (Å²) in [7, 11) is 0. The molecule has 1 aliphatic rings. The second-order valence-electron chi connectivity index (χ2n) is 3.67. The number of nitrogens with one attached hydrogen (secondary N) is 2. The minimum atomic E-state index is -0.114. The molecule has 15 heavy (non-hydrogen) atoms. The fraction of sp³-hybridized carbons (Fsp3) is 0.727. The summed E-state index contributed by atoms with van der Waals surface area (Å²) in [6.45, 7) is 6.88. The highest BCUT2D eigenvalue weighted by Crippen LogP contribution is 2.06. The number of amides is 1. The normalized spacial score (nSPS) is 17.3. The van der Waals surface area contributed by atoms with E-state index >= 15 is 0 Å². The molecule has 0 atom stereocenters. The first-order valence-corrected chi connectivity index (χ1v) is 5.55. The first kappa shape index (κ1) is 12.2. The van der Waals surface area contributed by atoms with Gasteiger partial charge in [-0.15, -0.1) is 0 Å². The Labute approximate surface area is 91.1 Å². The van der Waals surface area contributed by atoms with Crippen molar-refractivity contribution in [2.75, 3.05) is 26.2 Å². The molecule has 1 heterocycles. The Morgan fingerprint density at radius 1 is 1.53 bits per heavy atom. The number of piperidine rings is 1. The van der Waals surface area contributed by atoms with Crippen molar-refractivity contribution in [3.8, 4) is 0 Å². The van der Waals surface area contributed by atoms with Gasteiger partial charge < -0.3 is 15.4 Å². The zero-order valence-electron chi connectivity index (χ0n) is 9.13. The Balaban J connectivity index is 1.91. The van der Waals surface area contributed by atoms with E-state index in [1.165, 1.54) is 6.08 Å². The Kier molecular flexibility index (Phi) is 6.04. The van der Waals surface area contributed by atoms with E-state index in [1.54, 1.807) is 0 Å². The molecule has 4 heteroatoms. The van der Waals surface area contributed by atoms with Crippen molar-refractivity contribution in [2.45, 2.75) is 25.4 Å². The standard InChI is InChI=1S/C11H20N2O2/c1-2-11(14)13-6-3-9-15-10-4-7-12-8-5-10/h2,10,12H,1,3-9H2,(H,13,14). The lowest BCUT2D eigenvalue weighted by molar-refractivity contribution is -0.116. The van der Waals surface area contributed by atoms with Crippen LogP contribution in [-0.2, 0) is 9.53 Å². The highest BCUT2D eigenvalue weighted by molar-refractivity contribution is 5.86. The molecular weight excluding hydrogens is 192 g/mol. The predicted molar refractivity (Wildman–Crippen MR) is 59.7 cm³/mol. The van der Waals surface area contributed by atoms with Crippen LogP contribution in [0.2, 0.25) is 0 Å². The molecule has 0 aliphatic carbocycles. The van der Waals surface area contributed by atoms with E-state index in [2.05, 4.69) is 17.2 Å². The van der Waals surface area contributed by atoms with Gasteiger partial charge in [-0.2, -0.15) is 0 Å². The van der Waals surface area contributed by atoms with E-state index in [-0.39, 0.29) is 5.91 Å². The Morgan fingerprint density at radius 3 is 2.93 bits per heavy atom. The fourth-order valence-electron chi connectivity index (χ4n) is 1.57. The summed E-state index contributed by atoms with van der Waals surface area (Å²) in [5, 5.41) is 6.01. The maximum atomic E-state index is 10.8. The van der Waals surface area contributed by atoms with E-state index in [0.29, 0.717) is 12.6 Å². The van der Waals surface area contributed by atoms with Gasteiger partial charge in [0.2, 0.25) is 5.91 Å². The summed E-state index contributed by atoms with van der Waals surface area (Å²) in [6, 6.07) is 0. The van der Waals surface area contributed by atoms with Crippen molar-refractivity contribution in [1.82, 2.24) is 10.6 Å². The Hall–Kier alpha value is -0.870. The Morgan fingerprint density at radius 2 is 2.27 bits per heavy atom. The van der Waals surface area contributed by atoms with Crippen molar-refractivity contribution in [1.29, 1.82) is 0 Å². The molecule has 0 aromatic rings. The number of rotatable bonds is 6. The van der Waals surface area contributed by atoms with Gasteiger partial charge in [0, 0.05) is 13.2 Å². The third-order valence-corrected chi connectivity index (χ3v) is 2.45. The quantitative estimate of drug-likeness (QED) is 0.496. The maximum absolute atomic E-state index is 10.8. The van der Waals surface area contributed by atoms with Gasteiger partial charge in [0.1, 0.15) is 0 Å². The minimum Gasteiger partial charge on any atom is -0.378 e. The van der Waals surface area contributed by atoms with Gasteiger partial charge >= 0.3 is 0 Å². The Bertz CT molecular complexity index is 201. The SMILES string of the molecule is C=CC(=O)NCCCOC1CCNCC1. The summed E-state index contributed by atoms with van der Waals surface area (Å²) < 4.78 is 5.68. The van der Waals surface area contributed by atoms with Crippen LogP contribution in [0.5, 0.6) is 0 Å². The average molecular weight is 212 g/mol. The van der Waals surface area contributed by atoms with E-state index in [0.717, 1.165) is 39.0 Å². The monoisotopic (exact) mass is 212 g/mol. The average Bonchev–Trinajstić information content (AvgIpc) is 2.29. The number of carbonyl (C=O) groups excluding carboxylic acids is 1. The molecule has 0 aromatic carbocycles. The molecule has 0 saturated carbocycles. The first-order chi connectivity index (χ1) is 7.33. The zero-order valence-corrected chi connectivity index (χ0v) is 9.13. The van der Waals surface area contributed by atoms with Crippen LogP contribution in [-0.4, -0.2) is 38.3 Å². The van der Waals surface area contributed by atoms with E-state index < -0.39 is 0 Å². The van der Waals surface area contributed by atoms with Gasteiger partial charge in [0.25, 0.3) is 0 Å². The molecule has 4 nitrogen and oxygen atoms in total. The van der Waals surface area contributed by atoms with Crippen molar-refractivity contribution < 1.29 is 9.53 Å². The minimum absolute atomic E-state index is 0.114. The van der Waals surface area contributed by atoms with Gasteiger partial charge in [-0.1, -0.05) is 6.58 Å². The lowest BCUT2D eigenvalue weighted by Crippen LogP contribution is -2.33. The molecule has 1 saturated heterocycles. The molecule has 1 rings (SSSR count). The van der Waals surface area contributed by atoms with Gasteiger partial charge in [0.15, 0.2) is 0 Å². The summed E-state index contributed by atoms with van der Waals surface area (Å²) in [4.78, 5) is 10.8. The van der Waals surface area contributed by atoms with Crippen LogP contribution in [0.1, 0.15) is 19.3 Å². The number of ether oxygens (including phenoxy) is 1. The molecule has 0 spiro atoms. The van der Waals surface area contributed by atoms with E-state index in [9.17, 15) is 4.79 Å². The van der Waals surface area contributed by atoms with Gasteiger partial charge in [0.05, 0.1) is 6.10 Å². The van der Waals surface area contributed by atoms with Crippen LogP contribution in [0.3, 0.4) is 0 Å². The number of carbonyl (C=O) groups is 1. The molecule has 0 aromatic heterocycles. The van der Waals surface area contributed by atoms with Crippen LogP contribution in [0, 0.1) is 0 Å². The summed E-state index contributed by atoms with van der Waals surface area (Å²) >= 11 is 0. The second kappa shape index (κ2) is 7.43. The molecule has 0 unspecified atom stereocenters. The highest BCUT2D eigenvalue weighted by Gasteiger charge is 2.12. The molecule has 1 aliphatic heterocycles. The van der Waals surface area contributed by atoms with Crippen LogP contribution >= 0.6 is 0 Å². The highest BCUT2D eigenvalue weighted by atomic mass is 16.5. The third kappa shape index (κ3) is 5.54. The molecule has 86 valence electrons. The second-order valence-corrected chi connectivity index (χ2v) is 3.67. The maximum Gasteiger partial charge on any atom is 0.243 e. The topological polar surface area (TPSA) is 50.4 Å². The van der Waals surface area contributed by atoms with E-state index in [4.69, 9.17) is 4.74 Å². The van der Waals surface area contributed by atoms with E-state index in [1.807, 2.05) is 0 Å². The fourth-order valence-corrected chi connectivity index (χ4v) is 1.57. The largest absolute Gasteiger partial charge is 0.378 e. The van der Waals surface area contributed by atoms with Crippen LogP contribution in [0.15, 0.2) is 12.7 Å². The summed E-state index contributed by atoms with van der Waals surface area (Å²) in [6.07, 6.45) is 4.75. The van der Waals surface area contributed by atoms with Crippen LogP contribution in [0.25, 0.3) is 0 Å².